The highest BCUT2D eigenvalue weighted by atomic mass is 79.9. The number of ether oxygens (including phenoxy) is 1. The van der Waals surface area contributed by atoms with Crippen molar-refractivity contribution in [2.45, 2.75) is 25.4 Å². The van der Waals surface area contributed by atoms with Crippen molar-refractivity contribution in [2.75, 3.05) is 10.6 Å². The van der Waals surface area contributed by atoms with Gasteiger partial charge in [-0.2, -0.15) is 0 Å². The van der Waals surface area contributed by atoms with E-state index in [2.05, 4.69) is 26.2 Å². The molecule has 0 saturated heterocycles. The molecule has 0 radical (unpaired) electrons. The summed E-state index contributed by atoms with van der Waals surface area (Å²) in [6, 6.07) is 3.62. The molecule has 1 aliphatic rings. The van der Waals surface area contributed by atoms with Crippen LogP contribution in [0.1, 0.15) is 19.3 Å². The monoisotopic (exact) mass is 284 g/mol. The van der Waals surface area contributed by atoms with Crippen molar-refractivity contribution in [2.24, 2.45) is 0 Å². The van der Waals surface area contributed by atoms with Gasteiger partial charge in [0, 0.05) is 11.5 Å². The number of halogens is 1. The molecule has 2 rings (SSSR count). The smallest absolute Gasteiger partial charge is 0.266 e. The molecular formula is C11H13BrN2O2. The Kier molecular flexibility index (Phi) is 3.77. The maximum atomic E-state index is 11.7. The number of hydrogen-bond acceptors (Lipinski definition) is 3. The van der Waals surface area contributed by atoms with Gasteiger partial charge in [-0.3, -0.25) is 4.79 Å². The average Bonchev–Trinajstić information content (AvgIpc) is 2.30. The molecule has 1 amide bonds. The van der Waals surface area contributed by atoms with Crippen LogP contribution in [0.5, 0.6) is 5.75 Å². The minimum atomic E-state index is -0.379. The molecule has 1 aliphatic heterocycles. The van der Waals surface area contributed by atoms with Gasteiger partial charge in [-0.25, -0.2) is 4.98 Å². The summed E-state index contributed by atoms with van der Waals surface area (Å²) in [6.07, 6.45) is 4.02. The average molecular weight is 285 g/mol. The number of hydrogen-bond donors (Lipinski definition) is 1. The van der Waals surface area contributed by atoms with E-state index in [0.717, 1.165) is 24.6 Å². The Labute approximate surface area is 103 Å². The molecule has 0 unspecified atom stereocenters. The van der Waals surface area contributed by atoms with Gasteiger partial charge in [-0.1, -0.05) is 15.9 Å². The SMILES string of the molecule is O=C1Nc2ncccc2O[C@@H]1CCCCBr. The van der Waals surface area contributed by atoms with Crippen LogP contribution < -0.4 is 10.1 Å². The predicted octanol–water partition coefficient (Wildman–Crippen LogP) is 2.35. The van der Waals surface area contributed by atoms with E-state index < -0.39 is 0 Å². The molecule has 0 aromatic carbocycles. The number of pyridine rings is 1. The molecule has 86 valence electrons. The van der Waals surface area contributed by atoms with Crippen LogP contribution >= 0.6 is 15.9 Å². The molecular weight excluding hydrogens is 272 g/mol. The van der Waals surface area contributed by atoms with Crippen molar-refractivity contribution >= 4 is 27.7 Å². The molecule has 5 heteroatoms. The summed E-state index contributed by atoms with van der Waals surface area (Å²) in [7, 11) is 0. The second-order valence-corrected chi connectivity index (χ2v) is 4.42. The van der Waals surface area contributed by atoms with E-state index in [-0.39, 0.29) is 12.0 Å². The number of fused-ring (bicyclic) bond motifs is 1. The van der Waals surface area contributed by atoms with Gasteiger partial charge in [0.25, 0.3) is 5.91 Å². The van der Waals surface area contributed by atoms with E-state index in [1.165, 1.54) is 0 Å². The van der Waals surface area contributed by atoms with Crippen molar-refractivity contribution in [1.29, 1.82) is 0 Å². The molecule has 0 bridgehead atoms. The first-order chi connectivity index (χ1) is 7.81. The normalized spacial score (nSPS) is 18.6. The largest absolute Gasteiger partial charge is 0.477 e. The Morgan fingerprint density at radius 1 is 1.50 bits per heavy atom. The molecule has 1 N–H and O–H groups in total. The first-order valence-corrected chi connectivity index (χ1v) is 6.42. The second-order valence-electron chi connectivity index (χ2n) is 3.63. The van der Waals surface area contributed by atoms with Gasteiger partial charge in [0.1, 0.15) is 0 Å². The highest BCUT2D eigenvalue weighted by Gasteiger charge is 2.27. The van der Waals surface area contributed by atoms with Gasteiger partial charge in [0.2, 0.25) is 0 Å². The highest BCUT2D eigenvalue weighted by molar-refractivity contribution is 9.09. The van der Waals surface area contributed by atoms with Crippen molar-refractivity contribution < 1.29 is 9.53 Å². The van der Waals surface area contributed by atoms with E-state index in [1.807, 2.05) is 6.07 Å². The van der Waals surface area contributed by atoms with Crippen LogP contribution in [-0.4, -0.2) is 22.3 Å². The van der Waals surface area contributed by atoms with Crippen molar-refractivity contribution in [3.05, 3.63) is 18.3 Å². The lowest BCUT2D eigenvalue weighted by atomic mass is 10.1. The van der Waals surface area contributed by atoms with E-state index in [0.29, 0.717) is 11.6 Å². The standard InChI is InChI=1S/C11H13BrN2O2/c12-6-2-1-4-9-11(15)14-10-8(16-9)5-3-7-13-10/h3,5,7,9H,1-2,4,6H2,(H,13,14,15)/t9-/m1/s1. The third-order valence-electron chi connectivity index (χ3n) is 2.42. The number of carbonyl (C=O) groups excluding carboxylic acids is 1. The molecule has 1 atom stereocenters. The van der Waals surface area contributed by atoms with Crippen LogP contribution in [0, 0.1) is 0 Å². The number of rotatable bonds is 4. The lowest BCUT2D eigenvalue weighted by molar-refractivity contribution is -0.123. The molecule has 1 aromatic rings. The maximum Gasteiger partial charge on any atom is 0.266 e. The van der Waals surface area contributed by atoms with Gasteiger partial charge in [-0.05, 0) is 31.4 Å². The van der Waals surface area contributed by atoms with Crippen LogP contribution in [0.2, 0.25) is 0 Å². The summed E-state index contributed by atoms with van der Waals surface area (Å²) in [6.45, 7) is 0. The first-order valence-electron chi connectivity index (χ1n) is 5.30. The number of unbranched alkanes of at least 4 members (excludes halogenated alkanes) is 1. The molecule has 1 aromatic heterocycles. The van der Waals surface area contributed by atoms with Crippen molar-refractivity contribution in [3.8, 4) is 5.75 Å². The fourth-order valence-corrected chi connectivity index (χ4v) is 1.99. The summed E-state index contributed by atoms with van der Waals surface area (Å²) in [5.74, 6) is 1.08. The quantitative estimate of drug-likeness (QED) is 0.682. The van der Waals surface area contributed by atoms with Crippen LogP contribution in [0.15, 0.2) is 18.3 Å². The zero-order valence-electron chi connectivity index (χ0n) is 8.78. The fourth-order valence-electron chi connectivity index (χ4n) is 1.60. The number of amides is 1. The predicted molar refractivity (Wildman–Crippen MR) is 64.9 cm³/mol. The molecule has 0 aliphatic carbocycles. The van der Waals surface area contributed by atoms with Gasteiger partial charge in [0.15, 0.2) is 17.7 Å². The summed E-state index contributed by atoms with van der Waals surface area (Å²) < 4.78 is 5.60. The summed E-state index contributed by atoms with van der Waals surface area (Å²) in [5.41, 5.74) is 0. The third kappa shape index (κ3) is 2.52. The van der Waals surface area contributed by atoms with E-state index in [4.69, 9.17) is 4.74 Å². The van der Waals surface area contributed by atoms with Gasteiger partial charge < -0.3 is 10.1 Å². The molecule has 2 heterocycles. The minimum Gasteiger partial charge on any atom is -0.477 e. The maximum absolute atomic E-state index is 11.7. The van der Waals surface area contributed by atoms with Crippen LogP contribution in [-0.2, 0) is 4.79 Å². The summed E-state index contributed by atoms with van der Waals surface area (Å²) in [5, 5.41) is 3.71. The fraction of sp³-hybridized carbons (Fsp3) is 0.455. The Hall–Kier alpha value is -1.10. The number of aromatic nitrogens is 1. The Morgan fingerprint density at radius 2 is 2.38 bits per heavy atom. The second kappa shape index (κ2) is 5.30. The van der Waals surface area contributed by atoms with Gasteiger partial charge in [-0.15, -0.1) is 0 Å². The summed E-state index contributed by atoms with van der Waals surface area (Å²) in [4.78, 5) is 15.7. The lowest BCUT2D eigenvalue weighted by Crippen LogP contribution is -2.37. The van der Waals surface area contributed by atoms with Gasteiger partial charge in [0.05, 0.1) is 0 Å². The number of anilines is 1. The first kappa shape index (κ1) is 11.4. The van der Waals surface area contributed by atoms with Crippen LogP contribution in [0.3, 0.4) is 0 Å². The van der Waals surface area contributed by atoms with Crippen LogP contribution in [0.4, 0.5) is 5.82 Å². The Bertz CT molecular complexity index is 384. The van der Waals surface area contributed by atoms with Gasteiger partial charge >= 0.3 is 0 Å². The minimum absolute atomic E-state index is 0.0965. The topological polar surface area (TPSA) is 51.2 Å². The van der Waals surface area contributed by atoms with Crippen molar-refractivity contribution in [1.82, 2.24) is 4.98 Å². The lowest BCUT2D eigenvalue weighted by Gasteiger charge is -2.24. The molecule has 0 fully saturated rings. The number of carbonyl (C=O) groups is 1. The number of alkyl halides is 1. The van der Waals surface area contributed by atoms with E-state index in [1.54, 1.807) is 12.3 Å². The van der Waals surface area contributed by atoms with E-state index in [9.17, 15) is 4.79 Å². The molecule has 0 saturated carbocycles. The molecule has 4 nitrogen and oxygen atoms in total. The van der Waals surface area contributed by atoms with Crippen LogP contribution in [0.25, 0.3) is 0 Å². The zero-order chi connectivity index (χ0) is 11.4. The third-order valence-corrected chi connectivity index (χ3v) is 2.98. The zero-order valence-corrected chi connectivity index (χ0v) is 10.4. The molecule has 0 spiro atoms. The number of nitrogens with one attached hydrogen (secondary N) is 1. The van der Waals surface area contributed by atoms with E-state index >= 15 is 0 Å². The Morgan fingerprint density at radius 3 is 3.19 bits per heavy atom. The van der Waals surface area contributed by atoms with Crippen molar-refractivity contribution in [3.63, 3.8) is 0 Å². The molecule has 16 heavy (non-hydrogen) atoms. The highest BCUT2D eigenvalue weighted by Crippen LogP contribution is 2.27. The number of nitrogens with zero attached hydrogens (tertiary/aromatic N) is 1. The summed E-state index contributed by atoms with van der Waals surface area (Å²) >= 11 is 3.36. The Balaban J connectivity index is 2.01.